The summed E-state index contributed by atoms with van der Waals surface area (Å²) in [7, 11) is 0. The molecule has 1 aliphatic heterocycles. The third-order valence-corrected chi connectivity index (χ3v) is 5.10. The smallest absolute Gasteiger partial charge is 0.313 e. The van der Waals surface area contributed by atoms with Gasteiger partial charge in [0.1, 0.15) is 12.4 Å². The maximum absolute atomic E-state index is 12.8. The van der Waals surface area contributed by atoms with Crippen LogP contribution in [0.25, 0.3) is 0 Å². The van der Waals surface area contributed by atoms with Crippen molar-refractivity contribution in [3.8, 4) is 11.8 Å². The van der Waals surface area contributed by atoms with E-state index in [1.54, 1.807) is 18.2 Å². The molecule has 7 heteroatoms. The SMILES string of the molecule is Cc1cc(C)cc(N(CCC#N)C(=O)COC(=O)C2COc3ccc(Cl)cc3C2)c1. The van der Waals surface area contributed by atoms with Gasteiger partial charge in [-0.05, 0) is 67.3 Å². The van der Waals surface area contributed by atoms with E-state index in [4.69, 9.17) is 26.3 Å². The third-order valence-electron chi connectivity index (χ3n) is 4.87. The quantitative estimate of drug-likeness (QED) is 0.652. The van der Waals surface area contributed by atoms with Crippen molar-refractivity contribution in [2.75, 3.05) is 24.7 Å². The summed E-state index contributed by atoms with van der Waals surface area (Å²) in [6.45, 7) is 3.91. The topological polar surface area (TPSA) is 79.6 Å². The summed E-state index contributed by atoms with van der Waals surface area (Å²) in [5.74, 6) is -0.659. The molecule has 0 N–H and O–H groups in total. The molecule has 0 spiro atoms. The van der Waals surface area contributed by atoms with Gasteiger partial charge in [0.05, 0.1) is 18.4 Å². The maximum atomic E-state index is 12.8. The number of halogens is 1. The summed E-state index contributed by atoms with van der Waals surface area (Å²) in [6, 6.07) is 13.1. The van der Waals surface area contributed by atoms with Crippen LogP contribution in [0.4, 0.5) is 5.69 Å². The first-order valence-electron chi connectivity index (χ1n) is 9.71. The summed E-state index contributed by atoms with van der Waals surface area (Å²) >= 11 is 6.02. The van der Waals surface area contributed by atoms with E-state index >= 15 is 0 Å². The van der Waals surface area contributed by atoms with Gasteiger partial charge in [0.25, 0.3) is 5.91 Å². The van der Waals surface area contributed by atoms with E-state index in [2.05, 4.69) is 6.07 Å². The first kappa shape index (κ1) is 21.7. The fourth-order valence-corrected chi connectivity index (χ4v) is 3.70. The van der Waals surface area contributed by atoms with Crippen LogP contribution in [0.3, 0.4) is 0 Å². The fourth-order valence-electron chi connectivity index (χ4n) is 3.51. The predicted molar refractivity (Wildman–Crippen MR) is 114 cm³/mol. The van der Waals surface area contributed by atoms with Crippen LogP contribution < -0.4 is 9.64 Å². The molecule has 0 radical (unpaired) electrons. The minimum atomic E-state index is -0.502. The van der Waals surface area contributed by atoms with Gasteiger partial charge >= 0.3 is 5.97 Å². The Bertz CT molecular complexity index is 979. The molecule has 0 bridgehead atoms. The van der Waals surface area contributed by atoms with Gasteiger partial charge in [0.15, 0.2) is 6.61 Å². The van der Waals surface area contributed by atoms with Crippen molar-refractivity contribution in [1.82, 2.24) is 0 Å². The summed E-state index contributed by atoms with van der Waals surface area (Å²) in [4.78, 5) is 26.8. The number of esters is 1. The van der Waals surface area contributed by atoms with Gasteiger partial charge in [-0.25, -0.2) is 0 Å². The molecule has 1 unspecified atom stereocenters. The number of fused-ring (bicyclic) bond motifs is 1. The number of benzene rings is 2. The Morgan fingerprint density at radius 3 is 2.67 bits per heavy atom. The van der Waals surface area contributed by atoms with Crippen molar-refractivity contribution in [1.29, 1.82) is 5.26 Å². The van der Waals surface area contributed by atoms with Gasteiger partial charge in [0.2, 0.25) is 0 Å². The lowest BCUT2D eigenvalue weighted by atomic mass is 9.97. The highest BCUT2D eigenvalue weighted by Gasteiger charge is 2.28. The number of hydrogen-bond acceptors (Lipinski definition) is 5. The molecular weight excluding hydrogens is 404 g/mol. The maximum Gasteiger partial charge on any atom is 0.313 e. The molecule has 3 rings (SSSR count). The lowest BCUT2D eigenvalue weighted by Gasteiger charge is -2.25. The van der Waals surface area contributed by atoms with Gasteiger partial charge in [-0.1, -0.05) is 17.7 Å². The van der Waals surface area contributed by atoms with Crippen LogP contribution in [0.5, 0.6) is 5.75 Å². The van der Waals surface area contributed by atoms with Crippen molar-refractivity contribution in [3.05, 3.63) is 58.1 Å². The highest BCUT2D eigenvalue weighted by atomic mass is 35.5. The Balaban J connectivity index is 1.64. The van der Waals surface area contributed by atoms with E-state index in [-0.39, 0.29) is 25.5 Å². The van der Waals surface area contributed by atoms with Gasteiger partial charge in [0, 0.05) is 17.3 Å². The lowest BCUT2D eigenvalue weighted by Crippen LogP contribution is -2.37. The number of carbonyl (C=O) groups excluding carboxylic acids is 2. The van der Waals surface area contributed by atoms with E-state index in [0.717, 1.165) is 16.7 Å². The molecular formula is C23H23ClN2O4. The van der Waals surface area contributed by atoms with Crippen molar-refractivity contribution >= 4 is 29.2 Å². The van der Waals surface area contributed by atoms with Crippen molar-refractivity contribution < 1.29 is 19.1 Å². The van der Waals surface area contributed by atoms with Crippen LogP contribution in [0.2, 0.25) is 5.02 Å². The lowest BCUT2D eigenvalue weighted by molar-refractivity contribution is -0.153. The molecule has 0 saturated heterocycles. The van der Waals surface area contributed by atoms with Crippen molar-refractivity contribution in [2.45, 2.75) is 26.7 Å². The molecule has 0 aromatic heterocycles. The van der Waals surface area contributed by atoms with Crippen LogP contribution in [-0.4, -0.2) is 31.6 Å². The monoisotopic (exact) mass is 426 g/mol. The molecule has 1 aliphatic rings. The molecule has 0 aliphatic carbocycles. The zero-order valence-corrected chi connectivity index (χ0v) is 17.7. The molecule has 1 amide bonds. The predicted octanol–water partition coefficient (Wildman–Crippen LogP) is 4.00. The first-order valence-corrected chi connectivity index (χ1v) is 10.1. The molecule has 6 nitrogen and oxygen atoms in total. The van der Waals surface area contributed by atoms with Crippen molar-refractivity contribution in [3.63, 3.8) is 0 Å². The minimum absolute atomic E-state index is 0.181. The Kier molecular flexibility index (Phi) is 6.96. The van der Waals surface area contributed by atoms with E-state index in [1.807, 2.05) is 32.0 Å². The minimum Gasteiger partial charge on any atom is -0.492 e. The Labute approximate surface area is 181 Å². The summed E-state index contributed by atoms with van der Waals surface area (Å²) in [5.41, 5.74) is 3.54. The molecule has 0 fully saturated rings. The largest absolute Gasteiger partial charge is 0.492 e. The molecule has 30 heavy (non-hydrogen) atoms. The third kappa shape index (κ3) is 5.31. The second-order valence-electron chi connectivity index (χ2n) is 7.37. The zero-order valence-electron chi connectivity index (χ0n) is 17.0. The standard InChI is InChI=1S/C23H23ClN2O4/c1-15-8-16(2)10-20(9-15)26(7-3-6-25)22(27)14-30-23(28)18-11-17-12-19(24)4-5-21(17)29-13-18/h4-5,8-10,12,18H,3,7,11,13-14H2,1-2H3. The molecule has 1 atom stereocenters. The number of nitriles is 1. The molecule has 156 valence electrons. The number of amides is 1. The fraction of sp³-hybridized carbons (Fsp3) is 0.348. The summed E-state index contributed by atoms with van der Waals surface area (Å²) in [5, 5.41) is 9.52. The van der Waals surface area contributed by atoms with Crippen LogP contribution in [0.1, 0.15) is 23.1 Å². The summed E-state index contributed by atoms with van der Waals surface area (Å²) < 4.78 is 10.9. The number of rotatable bonds is 6. The molecule has 2 aromatic rings. The van der Waals surface area contributed by atoms with Crippen LogP contribution in [0.15, 0.2) is 36.4 Å². The van der Waals surface area contributed by atoms with E-state index in [1.165, 1.54) is 4.90 Å². The number of anilines is 1. The molecule has 0 saturated carbocycles. The number of hydrogen-bond donors (Lipinski definition) is 0. The van der Waals surface area contributed by atoms with Crippen LogP contribution in [-0.2, 0) is 20.7 Å². The van der Waals surface area contributed by atoms with E-state index in [9.17, 15) is 9.59 Å². The highest BCUT2D eigenvalue weighted by molar-refractivity contribution is 6.30. The van der Waals surface area contributed by atoms with Gasteiger partial charge < -0.3 is 14.4 Å². The number of carbonyl (C=O) groups is 2. The normalized spacial score (nSPS) is 14.8. The number of aryl methyl sites for hydroxylation is 2. The highest BCUT2D eigenvalue weighted by Crippen LogP contribution is 2.30. The Morgan fingerprint density at radius 1 is 1.23 bits per heavy atom. The zero-order chi connectivity index (χ0) is 21.7. The van der Waals surface area contributed by atoms with Gasteiger partial charge in [-0.15, -0.1) is 0 Å². The number of ether oxygens (including phenoxy) is 2. The molecule has 2 aromatic carbocycles. The van der Waals surface area contributed by atoms with E-state index in [0.29, 0.717) is 22.9 Å². The first-order chi connectivity index (χ1) is 14.4. The molecule has 1 heterocycles. The van der Waals surface area contributed by atoms with Crippen LogP contribution >= 0.6 is 11.6 Å². The Morgan fingerprint density at radius 2 is 1.97 bits per heavy atom. The average Bonchev–Trinajstić information content (AvgIpc) is 2.71. The number of nitrogens with zero attached hydrogens (tertiary/aromatic N) is 2. The second-order valence-corrected chi connectivity index (χ2v) is 7.81. The van der Waals surface area contributed by atoms with Crippen molar-refractivity contribution in [2.24, 2.45) is 5.92 Å². The Hall–Kier alpha value is -3.04. The van der Waals surface area contributed by atoms with Gasteiger partial charge in [-0.2, -0.15) is 5.26 Å². The van der Waals surface area contributed by atoms with E-state index < -0.39 is 18.5 Å². The average molecular weight is 427 g/mol. The second kappa shape index (κ2) is 9.64. The van der Waals surface area contributed by atoms with Gasteiger partial charge in [-0.3, -0.25) is 9.59 Å². The van der Waals surface area contributed by atoms with Crippen LogP contribution in [0, 0.1) is 31.1 Å². The summed E-state index contributed by atoms with van der Waals surface area (Å²) in [6.07, 6.45) is 0.624.